The highest BCUT2D eigenvalue weighted by atomic mass is 16.5. The number of nitrogens with two attached hydrogens (primary N) is 1. The standard InChI is InChI=1S/C15H25NO/c1-5-15(6-2,11-16)17-10-14-12(3)8-7-9-13(14)4/h7-9H,5-6,10-11,16H2,1-4H3. The molecule has 0 amide bonds. The minimum Gasteiger partial charge on any atom is -0.369 e. The van der Waals surface area contributed by atoms with E-state index in [9.17, 15) is 0 Å². The van der Waals surface area contributed by atoms with Crippen molar-refractivity contribution < 1.29 is 4.74 Å². The maximum Gasteiger partial charge on any atom is 0.0803 e. The highest BCUT2D eigenvalue weighted by molar-refractivity contribution is 5.32. The molecular weight excluding hydrogens is 210 g/mol. The molecule has 96 valence electrons. The second-order valence-electron chi connectivity index (χ2n) is 4.75. The van der Waals surface area contributed by atoms with Crippen molar-refractivity contribution in [2.75, 3.05) is 6.54 Å². The van der Waals surface area contributed by atoms with E-state index in [4.69, 9.17) is 10.5 Å². The molecule has 2 heteroatoms. The Labute approximate surface area is 105 Å². The first kappa shape index (κ1) is 14.2. The molecule has 1 aromatic carbocycles. The third-order valence-corrected chi connectivity index (χ3v) is 3.83. The second-order valence-corrected chi connectivity index (χ2v) is 4.75. The van der Waals surface area contributed by atoms with E-state index in [1.54, 1.807) is 0 Å². The molecule has 0 aliphatic heterocycles. The molecule has 0 saturated carbocycles. The Hall–Kier alpha value is -0.860. The van der Waals surface area contributed by atoms with Gasteiger partial charge in [-0.25, -0.2) is 0 Å². The Kier molecular flexibility index (Phi) is 5.16. The van der Waals surface area contributed by atoms with Gasteiger partial charge in [-0.15, -0.1) is 0 Å². The number of hydrogen-bond donors (Lipinski definition) is 1. The molecule has 0 fully saturated rings. The van der Waals surface area contributed by atoms with Gasteiger partial charge in [0.1, 0.15) is 0 Å². The first-order valence-corrected chi connectivity index (χ1v) is 6.47. The lowest BCUT2D eigenvalue weighted by atomic mass is 9.97. The molecule has 0 bridgehead atoms. The van der Waals surface area contributed by atoms with Gasteiger partial charge in [0.15, 0.2) is 0 Å². The third-order valence-electron chi connectivity index (χ3n) is 3.83. The van der Waals surface area contributed by atoms with Crippen LogP contribution in [0.2, 0.25) is 0 Å². The van der Waals surface area contributed by atoms with E-state index < -0.39 is 0 Å². The molecule has 1 rings (SSSR count). The second kappa shape index (κ2) is 6.18. The monoisotopic (exact) mass is 235 g/mol. The summed E-state index contributed by atoms with van der Waals surface area (Å²) in [6.07, 6.45) is 1.93. The number of ether oxygens (including phenoxy) is 1. The smallest absolute Gasteiger partial charge is 0.0803 e. The van der Waals surface area contributed by atoms with Crippen molar-refractivity contribution in [1.29, 1.82) is 0 Å². The summed E-state index contributed by atoms with van der Waals surface area (Å²) in [5, 5.41) is 0. The van der Waals surface area contributed by atoms with E-state index in [1.807, 2.05) is 0 Å². The minimum atomic E-state index is -0.158. The Balaban J connectivity index is 2.79. The number of benzene rings is 1. The van der Waals surface area contributed by atoms with E-state index in [0.29, 0.717) is 13.2 Å². The van der Waals surface area contributed by atoms with Crippen molar-refractivity contribution >= 4 is 0 Å². The number of rotatable bonds is 6. The van der Waals surface area contributed by atoms with Gasteiger partial charge in [-0.1, -0.05) is 32.0 Å². The van der Waals surface area contributed by atoms with E-state index in [2.05, 4.69) is 45.9 Å². The fraction of sp³-hybridized carbons (Fsp3) is 0.600. The lowest BCUT2D eigenvalue weighted by Gasteiger charge is -2.31. The van der Waals surface area contributed by atoms with E-state index in [1.165, 1.54) is 16.7 Å². The SMILES string of the molecule is CCC(CC)(CN)OCc1c(C)cccc1C. The summed E-state index contributed by atoms with van der Waals surface area (Å²) in [7, 11) is 0. The highest BCUT2D eigenvalue weighted by Crippen LogP contribution is 2.23. The van der Waals surface area contributed by atoms with E-state index in [-0.39, 0.29) is 5.60 Å². The highest BCUT2D eigenvalue weighted by Gasteiger charge is 2.25. The van der Waals surface area contributed by atoms with E-state index >= 15 is 0 Å². The summed E-state index contributed by atoms with van der Waals surface area (Å²) in [6.45, 7) is 9.80. The average Bonchev–Trinajstić information content (AvgIpc) is 2.34. The van der Waals surface area contributed by atoms with Crippen LogP contribution in [0.3, 0.4) is 0 Å². The molecule has 0 radical (unpaired) electrons. The molecule has 0 spiro atoms. The molecule has 0 heterocycles. The predicted molar refractivity (Wildman–Crippen MR) is 73.1 cm³/mol. The summed E-state index contributed by atoms with van der Waals surface area (Å²) in [5.41, 5.74) is 9.57. The van der Waals surface area contributed by atoms with Gasteiger partial charge in [0.05, 0.1) is 12.2 Å². The zero-order valence-corrected chi connectivity index (χ0v) is 11.5. The van der Waals surface area contributed by atoms with Crippen molar-refractivity contribution in [3.63, 3.8) is 0 Å². The first-order chi connectivity index (χ1) is 8.08. The molecule has 0 unspecified atom stereocenters. The van der Waals surface area contributed by atoms with Gasteiger partial charge in [-0.2, -0.15) is 0 Å². The van der Waals surface area contributed by atoms with Crippen LogP contribution >= 0.6 is 0 Å². The molecule has 0 aliphatic rings. The number of aryl methyl sites for hydroxylation is 2. The zero-order chi connectivity index (χ0) is 12.9. The van der Waals surface area contributed by atoms with Crippen molar-refractivity contribution in [3.05, 3.63) is 34.9 Å². The molecule has 0 saturated heterocycles. The number of hydrogen-bond acceptors (Lipinski definition) is 2. The van der Waals surface area contributed by atoms with Gasteiger partial charge >= 0.3 is 0 Å². The minimum absolute atomic E-state index is 0.158. The van der Waals surface area contributed by atoms with Crippen LogP contribution in [0.4, 0.5) is 0 Å². The van der Waals surface area contributed by atoms with E-state index in [0.717, 1.165) is 12.8 Å². The van der Waals surface area contributed by atoms with Crippen LogP contribution in [0, 0.1) is 13.8 Å². The van der Waals surface area contributed by atoms with Crippen LogP contribution in [0.5, 0.6) is 0 Å². The Morgan fingerprint density at radius 2 is 1.65 bits per heavy atom. The van der Waals surface area contributed by atoms with Crippen LogP contribution in [-0.4, -0.2) is 12.1 Å². The third kappa shape index (κ3) is 3.30. The van der Waals surface area contributed by atoms with Gasteiger partial charge in [0, 0.05) is 6.54 Å². The van der Waals surface area contributed by atoms with Gasteiger partial charge in [0.25, 0.3) is 0 Å². The van der Waals surface area contributed by atoms with Gasteiger partial charge in [-0.3, -0.25) is 0 Å². The van der Waals surface area contributed by atoms with Gasteiger partial charge in [0.2, 0.25) is 0 Å². The van der Waals surface area contributed by atoms with Gasteiger partial charge in [-0.05, 0) is 43.4 Å². The van der Waals surface area contributed by atoms with Gasteiger partial charge < -0.3 is 10.5 Å². The largest absolute Gasteiger partial charge is 0.369 e. The summed E-state index contributed by atoms with van der Waals surface area (Å²) >= 11 is 0. The maximum absolute atomic E-state index is 6.10. The fourth-order valence-electron chi connectivity index (χ4n) is 2.10. The molecule has 2 N–H and O–H groups in total. The van der Waals surface area contributed by atoms with Crippen LogP contribution in [0.1, 0.15) is 43.4 Å². The summed E-state index contributed by atoms with van der Waals surface area (Å²) in [6, 6.07) is 6.35. The molecule has 17 heavy (non-hydrogen) atoms. The lowest BCUT2D eigenvalue weighted by Crippen LogP contribution is -2.39. The summed E-state index contributed by atoms with van der Waals surface area (Å²) < 4.78 is 6.10. The van der Waals surface area contributed by atoms with Crippen LogP contribution in [0.25, 0.3) is 0 Å². The average molecular weight is 235 g/mol. The molecular formula is C15H25NO. The molecule has 0 aromatic heterocycles. The van der Waals surface area contributed by atoms with Crippen LogP contribution < -0.4 is 5.73 Å². The Morgan fingerprint density at radius 3 is 2.06 bits per heavy atom. The fourth-order valence-corrected chi connectivity index (χ4v) is 2.10. The zero-order valence-electron chi connectivity index (χ0n) is 11.5. The normalized spacial score (nSPS) is 11.8. The van der Waals surface area contributed by atoms with Crippen LogP contribution in [-0.2, 0) is 11.3 Å². The van der Waals surface area contributed by atoms with Crippen LogP contribution in [0.15, 0.2) is 18.2 Å². The molecule has 2 nitrogen and oxygen atoms in total. The quantitative estimate of drug-likeness (QED) is 0.820. The molecule has 0 atom stereocenters. The summed E-state index contributed by atoms with van der Waals surface area (Å²) in [5.74, 6) is 0. The Bertz CT molecular complexity index is 327. The lowest BCUT2D eigenvalue weighted by molar-refractivity contribution is -0.0556. The van der Waals surface area contributed by atoms with Crippen molar-refractivity contribution in [2.45, 2.75) is 52.7 Å². The maximum atomic E-state index is 6.10. The molecule has 1 aromatic rings. The Morgan fingerprint density at radius 1 is 1.12 bits per heavy atom. The van der Waals surface area contributed by atoms with Crippen molar-refractivity contribution in [2.24, 2.45) is 5.73 Å². The van der Waals surface area contributed by atoms with Crippen molar-refractivity contribution in [3.8, 4) is 0 Å². The first-order valence-electron chi connectivity index (χ1n) is 6.47. The summed E-state index contributed by atoms with van der Waals surface area (Å²) in [4.78, 5) is 0. The molecule has 0 aliphatic carbocycles. The van der Waals surface area contributed by atoms with Crippen molar-refractivity contribution in [1.82, 2.24) is 0 Å². The topological polar surface area (TPSA) is 35.2 Å². The predicted octanol–water partition coefficient (Wildman–Crippen LogP) is 3.34.